The lowest BCUT2D eigenvalue weighted by Gasteiger charge is -2.40. The van der Waals surface area contributed by atoms with E-state index < -0.39 is 41.6 Å². The van der Waals surface area contributed by atoms with E-state index >= 15 is 0 Å². The van der Waals surface area contributed by atoms with Crippen LogP contribution in [0, 0.1) is 0 Å². The fraction of sp³-hybridized carbons (Fsp3) is 0.500. The van der Waals surface area contributed by atoms with Crippen molar-refractivity contribution < 1.29 is 38.0 Å². The molecule has 2 aromatic rings. The quantitative estimate of drug-likeness (QED) is 0.631. The van der Waals surface area contributed by atoms with E-state index in [1.807, 2.05) is 44.4 Å². The van der Waals surface area contributed by atoms with Crippen molar-refractivity contribution >= 4 is 12.0 Å². The monoisotopic (exact) mass is 487 g/mol. The number of fused-ring (bicyclic) bond motifs is 3. The van der Waals surface area contributed by atoms with Crippen molar-refractivity contribution in [3.8, 4) is 5.69 Å². The van der Waals surface area contributed by atoms with Crippen LogP contribution in [0.3, 0.4) is 0 Å². The van der Waals surface area contributed by atoms with E-state index in [1.54, 1.807) is 36.6 Å². The van der Waals surface area contributed by atoms with E-state index in [4.69, 9.17) is 28.4 Å². The van der Waals surface area contributed by atoms with Crippen LogP contribution in [0.1, 0.15) is 38.1 Å². The number of rotatable bonds is 4. The minimum Gasteiger partial charge on any atom is -0.442 e. The van der Waals surface area contributed by atoms with E-state index in [-0.39, 0.29) is 19.3 Å². The van der Waals surface area contributed by atoms with Crippen LogP contribution in [-0.4, -0.2) is 65.5 Å². The third kappa shape index (κ3) is 4.65. The SMILES string of the molecule is CC1(C)OC2COC3(COC(=O)NNC(=O)c4ccccc4-n4cccc4)OC(C)(C)OC3C2O1. The summed E-state index contributed by atoms with van der Waals surface area (Å²) >= 11 is 0. The van der Waals surface area contributed by atoms with Crippen molar-refractivity contribution in [3.63, 3.8) is 0 Å². The van der Waals surface area contributed by atoms with Gasteiger partial charge >= 0.3 is 6.09 Å². The van der Waals surface area contributed by atoms with Gasteiger partial charge in [0, 0.05) is 12.4 Å². The number of para-hydroxylation sites is 1. The highest BCUT2D eigenvalue weighted by Gasteiger charge is 2.66. The number of aromatic nitrogens is 1. The Morgan fingerprint density at radius 3 is 2.51 bits per heavy atom. The topological polar surface area (TPSA) is 119 Å². The molecule has 3 aliphatic rings. The van der Waals surface area contributed by atoms with E-state index in [0.29, 0.717) is 11.3 Å². The molecular formula is C24H29N3O8. The Morgan fingerprint density at radius 1 is 1.00 bits per heavy atom. The first-order valence-corrected chi connectivity index (χ1v) is 11.4. The molecular weight excluding hydrogens is 458 g/mol. The standard InChI is InChI=1S/C24H29N3O8/c1-22(2)32-17-13-31-24(19(18(17)33-22)34-23(3,4)35-24)14-30-21(29)26-25-20(28)15-9-5-6-10-16(15)27-11-7-8-12-27/h5-12,17-19H,13-14H2,1-4H3,(H,25,28)(H,26,29). The van der Waals surface area contributed by atoms with Crippen molar-refractivity contribution in [2.75, 3.05) is 13.2 Å². The Balaban J connectivity index is 1.22. The van der Waals surface area contributed by atoms with Crippen molar-refractivity contribution in [2.45, 2.75) is 63.4 Å². The molecule has 5 rings (SSSR count). The van der Waals surface area contributed by atoms with Crippen LogP contribution in [0.2, 0.25) is 0 Å². The number of carbonyl (C=O) groups is 2. The number of ether oxygens (including phenoxy) is 6. The van der Waals surface area contributed by atoms with E-state index in [1.165, 1.54) is 0 Å². The molecule has 0 bridgehead atoms. The molecule has 2 amide bonds. The average molecular weight is 488 g/mol. The maximum Gasteiger partial charge on any atom is 0.426 e. The maximum absolute atomic E-state index is 12.7. The molecule has 1 aromatic carbocycles. The molecule has 35 heavy (non-hydrogen) atoms. The Labute approximate surface area is 202 Å². The minimum atomic E-state index is -1.38. The minimum absolute atomic E-state index is 0.182. The summed E-state index contributed by atoms with van der Waals surface area (Å²) < 4.78 is 37.2. The summed E-state index contributed by atoms with van der Waals surface area (Å²) in [6.45, 7) is 7.02. The van der Waals surface area contributed by atoms with Gasteiger partial charge in [0.1, 0.15) is 18.3 Å². The zero-order valence-electron chi connectivity index (χ0n) is 20.0. The second-order valence-corrected chi connectivity index (χ2v) is 9.56. The van der Waals surface area contributed by atoms with Crippen LogP contribution in [-0.2, 0) is 28.4 Å². The third-order valence-corrected chi connectivity index (χ3v) is 5.99. The predicted octanol–water partition coefficient (Wildman–Crippen LogP) is 2.25. The molecule has 4 unspecified atom stereocenters. The Hall–Kier alpha value is -2.96. The molecule has 0 saturated carbocycles. The van der Waals surface area contributed by atoms with Gasteiger partial charge in [0.2, 0.25) is 5.79 Å². The number of nitrogens with one attached hydrogen (secondary N) is 2. The maximum atomic E-state index is 12.7. The van der Waals surface area contributed by atoms with E-state index in [9.17, 15) is 9.59 Å². The van der Waals surface area contributed by atoms with Gasteiger partial charge in [0.15, 0.2) is 18.2 Å². The number of benzene rings is 1. The predicted molar refractivity (Wildman–Crippen MR) is 120 cm³/mol. The molecule has 4 atom stereocenters. The zero-order valence-corrected chi connectivity index (χ0v) is 20.0. The molecule has 3 fully saturated rings. The summed E-state index contributed by atoms with van der Waals surface area (Å²) in [5, 5.41) is 0. The number of hydrazine groups is 1. The molecule has 3 aliphatic heterocycles. The Morgan fingerprint density at radius 2 is 1.74 bits per heavy atom. The van der Waals surface area contributed by atoms with Crippen LogP contribution in [0.4, 0.5) is 4.79 Å². The van der Waals surface area contributed by atoms with Gasteiger partial charge in [-0.15, -0.1) is 0 Å². The van der Waals surface area contributed by atoms with Gasteiger partial charge < -0.3 is 33.0 Å². The second-order valence-electron chi connectivity index (χ2n) is 9.56. The van der Waals surface area contributed by atoms with E-state index in [0.717, 1.165) is 0 Å². The molecule has 11 nitrogen and oxygen atoms in total. The molecule has 0 radical (unpaired) electrons. The largest absolute Gasteiger partial charge is 0.442 e. The summed E-state index contributed by atoms with van der Waals surface area (Å²) in [5.41, 5.74) is 5.69. The fourth-order valence-corrected chi connectivity index (χ4v) is 4.71. The third-order valence-electron chi connectivity index (χ3n) is 5.99. The first-order chi connectivity index (χ1) is 16.6. The van der Waals surface area contributed by atoms with Crippen LogP contribution in [0.15, 0.2) is 48.8 Å². The summed E-state index contributed by atoms with van der Waals surface area (Å²) in [5.74, 6) is -3.67. The van der Waals surface area contributed by atoms with Gasteiger partial charge in [-0.2, -0.15) is 0 Å². The summed E-state index contributed by atoms with van der Waals surface area (Å²) in [6.07, 6.45) is 1.28. The van der Waals surface area contributed by atoms with Gasteiger partial charge in [0.25, 0.3) is 5.91 Å². The van der Waals surface area contributed by atoms with Crippen molar-refractivity contribution in [3.05, 3.63) is 54.4 Å². The van der Waals surface area contributed by atoms with Crippen LogP contribution < -0.4 is 10.9 Å². The van der Waals surface area contributed by atoms with Gasteiger partial charge in [-0.05, 0) is 52.0 Å². The smallest absolute Gasteiger partial charge is 0.426 e. The number of hydrogen-bond donors (Lipinski definition) is 2. The molecule has 188 valence electrons. The zero-order chi connectivity index (χ0) is 24.8. The fourth-order valence-electron chi connectivity index (χ4n) is 4.71. The van der Waals surface area contributed by atoms with Gasteiger partial charge in [-0.25, -0.2) is 10.2 Å². The molecule has 1 aromatic heterocycles. The number of hydrogen-bond acceptors (Lipinski definition) is 8. The Bertz CT molecular complexity index is 1100. The normalized spacial score (nSPS) is 30.2. The van der Waals surface area contributed by atoms with E-state index in [2.05, 4.69) is 10.9 Å². The van der Waals surface area contributed by atoms with Crippen molar-refractivity contribution in [1.29, 1.82) is 0 Å². The lowest BCUT2D eigenvalue weighted by molar-refractivity contribution is -0.293. The van der Waals surface area contributed by atoms with Crippen molar-refractivity contribution in [2.24, 2.45) is 0 Å². The van der Waals surface area contributed by atoms with Crippen LogP contribution in [0.5, 0.6) is 0 Å². The van der Waals surface area contributed by atoms with Gasteiger partial charge in [-0.1, -0.05) is 12.1 Å². The highest BCUT2D eigenvalue weighted by molar-refractivity contribution is 5.98. The Kier molecular flexibility index (Phi) is 5.85. The van der Waals surface area contributed by atoms with Gasteiger partial charge in [-0.3, -0.25) is 10.2 Å². The lowest BCUT2D eigenvalue weighted by atomic mass is 9.97. The van der Waals surface area contributed by atoms with Crippen molar-refractivity contribution in [1.82, 2.24) is 15.4 Å². The van der Waals surface area contributed by atoms with Crippen LogP contribution >= 0.6 is 0 Å². The second kappa shape index (κ2) is 8.61. The summed E-state index contributed by atoms with van der Waals surface area (Å²) in [7, 11) is 0. The first kappa shape index (κ1) is 23.8. The molecule has 3 saturated heterocycles. The molecule has 2 N–H and O–H groups in total. The molecule has 0 aliphatic carbocycles. The van der Waals surface area contributed by atoms with Crippen LogP contribution in [0.25, 0.3) is 5.69 Å². The number of nitrogens with zero attached hydrogens (tertiary/aromatic N) is 1. The highest BCUT2D eigenvalue weighted by Crippen LogP contribution is 2.47. The molecule has 11 heteroatoms. The number of amides is 2. The molecule has 0 spiro atoms. The highest BCUT2D eigenvalue weighted by atomic mass is 16.9. The first-order valence-electron chi connectivity index (χ1n) is 11.4. The average Bonchev–Trinajstić information content (AvgIpc) is 3.51. The molecule has 4 heterocycles. The lowest BCUT2D eigenvalue weighted by Crippen LogP contribution is -2.61. The summed E-state index contributed by atoms with van der Waals surface area (Å²) in [6, 6.07) is 10.7. The van der Waals surface area contributed by atoms with Gasteiger partial charge in [0.05, 0.1) is 17.9 Å². The summed E-state index contributed by atoms with van der Waals surface area (Å²) in [4.78, 5) is 25.2. The number of carbonyl (C=O) groups excluding carboxylic acids is 2.